The number of likely N-dealkylation sites (tertiary alicyclic amines) is 1. The molecule has 0 bridgehead atoms. The number of aliphatic hydroxyl groups is 1. The van der Waals surface area contributed by atoms with Gasteiger partial charge in [-0.05, 0) is 50.2 Å². The van der Waals surface area contributed by atoms with E-state index in [2.05, 4.69) is 0 Å². The number of carbonyl (C=O) groups excluding carboxylic acids is 1. The fraction of sp³-hybridized carbons (Fsp3) is 0.458. The van der Waals surface area contributed by atoms with E-state index in [1.807, 2.05) is 13.8 Å². The number of benzene rings is 2. The van der Waals surface area contributed by atoms with Gasteiger partial charge in [-0.15, -0.1) is 0 Å². The number of piperidine rings is 1. The smallest absolute Gasteiger partial charge is 0.253 e. The van der Waals surface area contributed by atoms with Crippen molar-refractivity contribution in [2.24, 2.45) is 0 Å². The second-order valence-corrected chi connectivity index (χ2v) is 8.51. The normalized spacial score (nSPS) is 19.7. The van der Waals surface area contributed by atoms with Gasteiger partial charge in [0.15, 0.2) is 11.5 Å². The summed E-state index contributed by atoms with van der Waals surface area (Å²) in [4.78, 5) is 14.9. The number of ether oxygens (including phenoxy) is 3. The van der Waals surface area contributed by atoms with E-state index in [-0.39, 0.29) is 13.4 Å². The maximum absolute atomic E-state index is 13.5. The average Bonchev–Trinajstić information content (AvgIpc) is 2.74. The summed E-state index contributed by atoms with van der Waals surface area (Å²) in [6.07, 6.45) is 0.803. The summed E-state index contributed by atoms with van der Waals surface area (Å²) in [5, 5.41) is 10.5. The van der Waals surface area contributed by atoms with Gasteiger partial charge in [-0.1, -0.05) is 0 Å². The summed E-state index contributed by atoms with van der Waals surface area (Å²) in [7, 11) is 1.55. The molecule has 0 aliphatic carbocycles. The van der Waals surface area contributed by atoms with Gasteiger partial charge in [-0.3, -0.25) is 4.79 Å². The number of rotatable bonds is 4. The second-order valence-electron chi connectivity index (χ2n) is 8.51. The van der Waals surface area contributed by atoms with Crippen molar-refractivity contribution >= 4 is 5.91 Å². The number of aliphatic hydroxyl groups excluding tert-OH is 1. The third kappa shape index (κ3) is 4.32. The van der Waals surface area contributed by atoms with Gasteiger partial charge in [0.2, 0.25) is 0 Å². The van der Waals surface area contributed by atoms with Gasteiger partial charge in [0.05, 0.1) is 19.3 Å². The van der Waals surface area contributed by atoms with Crippen LogP contribution in [-0.2, 0) is 0 Å². The summed E-state index contributed by atoms with van der Waals surface area (Å²) in [5.41, 5.74) is 0.475. The Morgan fingerprint density at radius 2 is 1.97 bits per heavy atom. The molecule has 6 nitrogen and oxygen atoms in total. The quantitative estimate of drug-likeness (QED) is 0.779. The number of hydrogen-bond donors (Lipinski definition) is 1. The molecule has 4 rings (SSSR count). The number of hydrogen-bond acceptors (Lipinski definition) is 5. The minimum atomic E-state index is -0.778. The number of fused-ring (bicyclic) bond motifs is 1. The summed E-state index contributed by atoms with van der Waals surface area (Å²) >= 11 is 0. The molecule has 0 saturated carbocycles. The lowest BCUT2D eigenvalue weighted by Gasteiger charge is -2.45. The second kappa shape index (κ2) is 8.38. The van der Waals surface area contributed by atoms with E-state index in [9.17, 15) is 14.3 Å². The molecule has 0 radical (unpaired) electrons. The van der Waals surface area contributed by atoms with Gasteiger partial charge < -0.3 is 24.2 Å². The molecule has 2 aliphatic rings. The lowest BCUT2D eigenvalue weighted by molar-refractivity contribution is -0.0497. The van der Waals surface area contributed by atoms with Crippen LogP contribution in [0.3, 0.4) is 0 Å². The maximum Gasteiger partial charge on any atom is 0.253 e. The Kier molecular flexibility index (Phi) is 5.79. The average molecular weight is 432 g/mol. The first-order valence-electron chi connectivity index (χ1n) is 10.6. The van der Waals surface area contributed by atoms with Crippen LogP contribution >= 0.6 is 0 Å². The third-order valence-corrected chi connectivity index (χ3v) is 5.96. The molecule has 7 heteroatoms. The summed E-state index contributed by atoms with van der Waals surface area (Å²) in [5.74, 6) is 1.17. The van der Waals surface area contributed by atoms with Crippen molar-refractivity contribution in [1.82, 2.24) is 4.90 Å². The van der Waals surface area contributed by atoms with E-state index in [1.165, 1.54) is 12.1 Å². The first-order chi connectivity index (χ1) is 14.8. The molecule has 2 heterocycles. The lowest BCUT2D eigenvalue weighted by Crippen LogP contribution is -2.51. The van der Waals surface area contributed by atoms with Gasteiger partial charge in [0, 0.05) is 44.9 Å². The molecular weight excluding hydrogens is 401 g/mol. The van der Waals surface area contributed by atoms with E-state index in [4.69, 9.17) is 14.2 Å². The van der Waals surface area contributed by atoms with Crippen molar-refractivity contribution in [2.75, 3.05) is 20.2 Å². The molecule has 0 unspecified atom stereocenters. The molecule has 1 amide bonds. The fourth-order valence-corrected chi connectivity index (χ4v) is 4.37. The molecule has 1 saturated heterocycles. The zero-order valence-corrected chi connectivity index (χ0v) is 18.1. The van der Waals surface area contributed by atoms with E-state index >= 15 is 0 Å². The first-order valence-corrected chi connectivity index (χ1v) is 10.6. The molecular formula is C24H30FNO5. The van der Waals surface area contributed by atoms with E-state index in [0.717, 1.165) is 0 Å². The number of carbonyl (C=O) groups is 1. The summed E-state index contributed by atoms with van der Waals surface area (Å²) < 4.78 is 30.8. The maximum atomic E-state index is 13.5. The topological polar surface area (TPSA) is 68.2 Å². The molecule has 31 heavy (non-hydrogen) atoms. The minimum Gasteiger partial charge on any atom is -0.493 e. The Morgan fingerprint density at radius 1 is 1.23 bits per heavy atom. The van der Waals surface area contributed by atoms with Crippen LogP contribution in [0.15, 0.2) is 36.4 Å². The molecule has 2 aromatic carbocycles. The zero-order chi connectivity index (χ0) is 22.2. The van der Waals surface area contributed by atoms with Gasteiger partial charge in [0.25, 0.3) is 5.91 Å². The van der Waals surface area contributed by atoms with Crippen LogP contribution in [0.5, 0.6) is 17.2 Å². The highest BCUT2D eigenvalue weighted by atomic mass is 19.1. The number of methoxy groups -OCH3 is 1. The van der Waals surface area contributed by atoms with Crippen LogP contribution in [0.25, 0.3) is 0 Å². The van der Waals surface area contributed by atoms with Crippen LogP contribution in [0.4, 0.5) is 4.39 Å². The van der Waals surface area contributed by atoms with Crippen molar-refractivity contribution < 1.29 is 29.9 Å². The van der Waals surface area contributed by atoms with E-state index in [1.54, 1.807) is 36.3 Å². The van der Waals surface area contributed by atoms with Crippen LogP contribution < -0.4 is 14.2 Å². The summed E-state index contributed by atoms with van der Waals surface area (Å²) in [6.45, 7) is 4.88. The standard InChI is InChI=1S/C24H28FNO5.H2/c1-15(2)30-21-6-4-16(12-22(21)29-3)23(28)26-10-8-24(9-11-26)14-19(27)18-13-17(25)5-7-20(18)31-24;/h4-7,12-13,15,19,27H,8-11,14H2,1-3H3;1H/t19-;/m1./s1. The Morgan fingerprint density at radius 3 is 2.65 bits per heavy atom. The fourth-order valence-electron chi connectivity index (χ4n) is 4.37. The van der Waals surface area contributed by atoms with E-state index < -0.39 is 17.5 Å². The third-order valence-electron chi connectivity index (χ3n) is 5.96. The first kappa shape index (κ1) is 21.4. The Balaban J connectivity index is 0.00000289. The largest absolute Gasteiger partial charge is 0.493 e. The lowest BCUT2D eigenvalue weighted by atomic mass is 9.81. The molecule has 2 aromatic rings. The summed E-state index contributed by atoms with van der Waals surface area (Å²) in [6, 6.07) is 9.44. The van der Waals surface area contributed by atoms with Crippen molar-refractivity contribution in [3.8, 4) is 17.2 Å². The predicted molar refractivity (Wildman–Crippen MR) is 115 cm³/mol. The van der Waals surface area contributed by atoms with Crippen molar-refractivity contribution in [3.63, 3.8) is 0 Å². The Labute approximate surface area is 183 Å². The van der Waals surface area contributed by atoms with Gasteiger partial charge in [-0.2, -0.15) is 0 Å². The van der Waals surface area contributed by atoms with Crippen molar-refractivity contribution in [1.29, 1.82) is 0 Å². The zero-order valence-electron chi connectivity index (χ0n) is 18.1. The van der Waals surface area contributed by atoms with Gasteiger partial charge >= 0.3 is 0 Å². The Bertz CT molecular complexity index is 975. The molecule has 2 aliphatic heterocycles. The molecule has 168 valence electrons. The molecule has 1 atom stereocenters. The van der Waals surface area contributed by atoms with Crippen molar-refractivity contribution in [3.05, 3.63) is 53.3 Å². The molecule has 1 N–H and O–H groups in total. The molecule has 1 spiro atoms. The SMILES string of the molecule is COc1cc(C(=O)N2CCC3(CC2)C[C@@H](O)c2cc(F)ccc2O3)ccc1OC(C)C.[HH]. The van der Waals surface area contributed by atoms with E-state index in [0.29, 0.717) is 60.7 Å². The van der Waals surface area contributed by atoms with Crippen LogP contribution in [0, 0.1) is 5.82 Å². The monoisotopic (exact) mass is 431 g/mol. The molecule has 1 fully saturated rings. The predicted octanol–water partition coefficient (Wildman–Crippen LogP) is 4.36. The van der Waals surface area contributed by atoms with Gasteiger partial charge in [-0.25, -0.2) is 4.39 Å². The number of nitrogens with zero attached hydrogens (tertiary/aromatic N) is 1. The molecule has 0 aromatic heterocycles. The van der Waals surface area contributed by atoms with Crippen LogP contribution in [0.2, 0.25) is 0 Å². The highest BCUT2D eigenvalue weighted by molar-refractivity contribution is 5.95. The highest BCUT2D eigenvalue weighted by Crippen LogP contribution is 2.44. The number of amides is 1. The van der Waals surface area contributed by atoms with Crippen LogP contribution in [-0.4, -0.2) is 47.8 Å². The highest BCUT2D eigenvalue weighted by Gasteiger charge is 2.43. The van der Waals surface area contributed by atoms with Crippen molar-refractivity contribution in [2.45, 2.75) is 50.9 Å². The van der Waals surface area contributed by atoms with Crippen LogP contribution in [0.1, 0.15) is 56.6 Å². The van der Waals surface area contributed by atoms with Gasteiger partial charge in [0.1, 0.15) is 17.2 Å². The minimum absolute atomic E-state index is 0. The number of halogens is 1. The Hall–Kier alpha value is -2.80.